The molecular formula is C20H21N3O2S. The van der Waals surface area contributed by atoms with Crippen molar-refractivity contribution in [1.29, 1.82) is 0 Å². The Morgan fingerprint density at radius 3 is 2.69 bits per heavy atom. The minimum absolute atomic E-state index is 0.110. The Balaban J connectivity index is 1.58. The van der Waals surface area contributed by atoms with Crippen molar-refractivity contribution in [1.82, 2.24) is 14.7 Å². The van der Waals surface area contributed by atoms with E-state index in [-0.39, 0.29) is 17.0 Å². The van der Waals surface area contributed by atoms with Gasteiger partial charge in [0.1, 0.15) is 5.56 Å². The molecule has 0 saturated heterocycles. The molecule has 4 rings (SSSR count). The third-order valence-electron chi connectivity index (χ3n) is 4.93. The number of benzene rings is 1. The van der Waals surface area contributed by atoms with Crippen LogP contribution in [0.15, 0.2) is 35.3 Å². The van der Waals surface area contributed by atoms with E-state index in [2.05, 4.69) is 29.4 Å². The second-order valence-corrected chi connectivity index (χ2v) is 7.69. The van der Waals surface area contributed by atoms with E-state index >= 15 is 0 Å². The third-order valence-corrected chi connectivity index (χ3v) is 6.09. The Bertz CT molecular complexity index is 1020. The first kappa shape index (κ1) is 17.0. The molecule has 134 valence electrons. The Labute approximate surface area is 155 Å². The molecule has 1 aliphatic carbocycles. The normalized spacial score (nSPS) is 13.6. The van der Waals surface area contributed by atoms with Gasteiger partial charge in [-0.3, -0.25) is 14.0 Å². The SMILES string of the molecule is CCc1ccc(CNC(=O)c2cnc3sc4c(n3c2=O)CCCC4)cc1. The van der Waals surface area contributed by atoms with Gasteiger partial charge in [0.25, 0.3) is 11.5 Å². The van der Waals surface area contributed by atoms with Crippen molar-refractivity contribution < 1.29 is 4.79 Å². The van der Waals surface area contributed by atoms with Crippen molar-refractivity contribution in [2.45, 2.75) is 45.6 Å². The van der Waals surface area contributed by atoms with Crippen LogP contribution >= 0.6 is 11.3 Å². The average molecular weight is 367 g/mol. The highest BCUT2D eigenvalue weighted by Gasteiger charge is 2.21. The molecular weight excluding hydrogens is 346 g/mol. The number of hydrogen-bond acceptors (Lipinski definition) is 4. The summed E-state index contributed by atoms with van der Waals surface area (Å²) < 4.78 is 1.64. The number of aryl methyl sites for hydroxylation is 3. The summed E-state index contributed by atoms with van der Waals surface area (Å²) in [5.74, 6) is -0.368. The summed E-state index contributed by atoms with van der Waals surface area (Å²) in [4.78, 5) is 31.7. The van der Waals surface area contributed by atoms with Crippen LogP contribution in [-0.4, -0.2) is 15.3 Å². The number of nitrogens with zero attached hydrogens (tertiary/aromatic N) is 2. The molecule has 0 atom stereocenters. The maximum absolute atomic E-state index is 12.9. The van der Waals surface area contributed by atoms with Gasteiger partial charge in [-0.05, 0) is 43.2 Å². The van der Waals surface area contributed by atoms with Crippen molar-refractivity contribution in [2.24, 2.45) is 0 Å². The number of thiazole rings is 1. The molecule has 0 fully saturated rings. The van der Waals surface area contributed by atoms with Gasteiger partial charge in [0.15, 0.2) is 4.96 Å². The van der Waals surface area contributed by atoms with Gasteiger partial charge in [0.05, 0.1) is 0 Å². The molecule has 0 bridgehead atoms. The van der Waals surface area contributed by atoms with E-state index < -0.39 is 0 Å². The topological polar surface area (TPSA) is 63.5 Å². The quantitative estimate of drug-likeness (QED) is 0.771. The maximum atomic E-state index is 12.9. The van der Waals surface area contributed by atoms with Crippen LogP contribution in [0, 0.1) is 0 Å². The number of nitrogens with one attached hydrogen (secondary N) is 1. The van der Waals surface area contributed by atoms with Gasteiger partial charge in [-0.25, -0.2) is 4.98 Å². The van der Waals surface area contributed by atoms with Crippen LogP contribution in [0.5, 0.6) is 0 Å². The number of aromatic nitrogens is 2. The minimum atomic E-state index is -0.368. The summed E-state index contributed by atoms with van der Waals surface area (Å²) in [7, 11) is 0. The third kappa shape index (κ3) is 3.05. The second kappa shape index (κ2) is 7.03. The minimum Gasteiger partial charge on any atom is -0.348 e. The van der Waals surface area contributed by atoms with E-state index in [0.29, 0.717) is 11.5 Å². The number of carbonyl (C=O) groups excluding carboxylic acids is 1. The highest BCUT2D eigenvalue weighted by atomic mass is 32.1. The lowest BCUT2D eigenvalue weighted by Gasteiger charge is -2.10. The molecule has 5 nitrogen and oxygen atoms in total. The van der Waals surface area contributed by atoms with Gasteiger partial charge in [-0.2, -0.15) is 0 Å². The molecule has 2 heterocycles. The molecule has 26 heavy (non-hydrogen) atoms. The number of rotatable bonds is 4. The van der Waals surface area contributed by atoms with Crippen molar-refractivity contribution in [2.75, 3.05) is 0 Å². The lowest BCUT2D eigenvalue weighted by molar-refractivity contribution is 0.0949. The van der Waals surface area contributed by atoms with Gasteiger partial charge < -0.3 is 5.32 Å². The summed E-state index contributed by atoms with van der Waals surface area (Å²) in [6.07, 6.45) is 6.51. The molecule has 3 aromatic rings. The lowest BCUT2D eigenvalue weighted by atomic mass is 10.0. The Hall–Kier alpha value is -2.47. The van der Waals surface area contributed by atoms with Crippen molar-refractivity contribution >= 4 is 22.2 Å². The fourth-order valence-electron chi connectivity index (χ4n) is 3.39. The van der Waals surface area contributed by atoms with Crippen molar-refractivity contribution in [3.63, 3.8) is 0 Å². The Kier molecular flexibility index (Phi) is 4.59. The monoisotopic (exact) mass is 367 g/mol. The molecule has 0 radical (unpaired) electrons. The van der Waals surface area contributed by atoms with Gasteiger partial charge in [0, 0.05) is 23.3 Å². The fourth-order valence-corrected chi connectivity index (χ4v) is 4.56. The van der Waals surface area contributed by atoms with E-state index in [0.717, 1.165) is 43.4 Å². The maximum Gasteiger partial charge on any atom is 0.271 e. The van der Waals surface area contributed by atoms with E-state index in [9.17, 15) is 9.59 Å². The molecule has 0 unspecified atom stereocenters. The van der Waals surface area contributed by atoms with Crippen LogP contribution in [0.4, 0.5) is 0 Å². The first-order valence-electron chi connectivity index (χ1n) is 9.05. The zero-order valence-corrected chi connectivity index (χ0v) is 15.6. The molecule has 1 N–H and O–H groups in total. The predicted molar refractivity (Wildman–Crippen MR) is 103 cm³/mol. The van der Waals surface area contributed by atoms with E-state index in [4.69, 9.17) is 0 Å². The molecule has 0 aliphatic heterocycles. The van der Waals surface area contributed by atoms with Crippen LogP contribution in [0.1, 0.15) is 51.8 Å². The van der Waals surface area contributed by atoms with Crippen LogP contribution < -0.4 is 10.9 Å². The van der Waals surface area contributed by atoms with Gasteiger partial charge in [-0.15, -0.1) is 11.3 Å². The Morgan fingerprint density at radius 1 is 1.19 bits per heavy atom. The molecule has 1 aromatic carbocycles. The molecule has 1 amide bonds. The molecule has 0 spiro atoms. The first-order chi connectivity index (χ1) is 12.7. The molecule has 2 aromatic heterocycles. The smallest absolute Gasteiger partial charge is 0.271 e. The lowest BCUT2D eigenvalue weighted by Crippen LogP contribution is -2.31. The average Bonchev–Trinajstić information content (AvgIpc) is 3.06. The summed E-state index contributed by atoms with van der Waals surface area (Å²) >= 11 is 1.57. The summed E-state index contributed by atoms with van der Waals surface area (Å²) in [5.41, 5.74) is 3.17. The van der Waals surface area contributed by atoms with Gasteiger partial charge in [0.2, 0.25) is 0 Å². The number of amides is 1. The second-order valence-electron chi connectivity index (χ2n) is 6.63. The van der Waals surface area contributed by atoms with Crippen LogP contribution in [0.25, 0.3) is 4.96 Å². The first-order valence-corrected chi connectivity index (χ1v) is 9.87. The Morgan fingerprint density at radius 2 is 1.92 bits per heavy atom. The fraction of sp³-hybridized carbons (Fsp3) is 0.350. The van der Waals surface area contributed by atoms with Crippen LogP contribution in [-0.2, 0) is 25.8 Å². The summed E-state index contributed by atoms with van der Waals surface area (Å²) in [6.45, 7) is 2.50. The van der Waals surface area contributed by atoms with Gasteiger partial charge >= 0.3 is 0 Å². The largest absolute Gasteiger partial charge is 0.348 e. The zero-order valence-electron chi connectivity index (χ0n) is 14.7. The van der Waals surface area contributed by atoms with Gasteiger partial charge in [-0.1, -0.05) is 31.2 Å². The zero-order chi connectivity index (χ0) is 18.1. The van der Waals surface area contributed by atoms with Crippen molar-refractivity contribution in [3.8, 4) is 0 Å². The molecule has 6 heteroatoms. The van der Waals surface area contributed by atoms with Crippen LogP contribution in [0.2, 0.25) is 0 Å². The van der Waals surface area contributed by atoms with E-state index in [1.165, 1.54) is 16.6 Å². The number of carbonyl (C=O) groups is 1. The summed E-state index contributed by atoms with van der Waals surface area (Å²) in [5, 5.41) is 2.84. The summed E-state index contributed by atoms with van der Waals surface area (Å²) in [6, 6.07) is 8.12. The van der Waals surface area contributed by atoms with E-state index in [1.54, 1.807) is 15.7 Å². The number of fused-ring (bicyclic) bond motifs is 3. The highest BCUT2D eigenvalue weighted by molar-refractivity contribution is 7.17. The number of hydrogen-bond donors (Lipinski definition) is 1. The highest BCUT2D eigenvalue weighted by Crippen LogP contribution is 2.28. The van der Waals surface area contributed by atoms with Crippen molar-refractivity contribution in [3.05, 3.63) is 68.1 Å². The molecule has 0 saturated carbocycles. The standard InChI is InChI=1S/C20H21N3O2S/c1-2-13-7-9-14(10-8-13)11-21-18(24)15-12-22-20-23(19(15)25)16-5-3-4-6-17(16)26-20/h7-10,12H,2-6,11H2,1H3,(H,21,24). The van der Waals surface area contributed by atoms with E-state index in [1.807, 2.05) is 12.1 Å². The molecule has 1 aliphatic rings. The van der Waals surface area contributed by atoms with Crippen LogP contribution in [0.3, 0.4) is 0 Å². The predicted octanol–water partition coefficient (Wildman–Crippen LogP) is 3.13.